The molecule has 1 aliphatic rings. The third-order valence-electron chi connectivity index (χ3n) is 8.67. The number of carbonyl (C=O) groups is 2. The van der Waals surface area contributed by atoms with Gasteiger partial charge in [-0.1, -0.05) is 54.0 Å². The number of unbranched alkanes of at least 4 members (excludes halogenated alkanes) is 1. The molecule has 3 heterocycles. The summed E-state index contributed by atoms with van der Waals surface area (Å²) in [5.74, 6) is 0.144. The SMILES string of the molecule is C[C@H](NC(=O)[C@H](CCCCN)NCCOc1ccc(-c2c(C#N)c(SCc3csc(-c4ccc(Cl)cc4)n3)nc(N3CCCC3)c2C#N)cc1)C(=O)O. The second-order valence-corrected chi connectivity index (χ2v) is 14.7. The van der Waals surface area contributed by atoms with Crippen LogP contribution in [0.1, 0.15) is 55.8 Å². The van der Waals surface area contributed by atoms with Crippen molar-refractivity contribution in [2.45, 2.75) is 61.9 Å². The van der Waals surface area contributed by atoms with E-state index in [0.29, 0.717) is 75.6 Å². The zero-order valence-electron chi connectivity index (χ0n) is 29.3. The van der Waals surface area contributed by atoms with Gasteiger partial charge in [0.15, 0.2) is 0 Å². The Bertz CT molecular complexity index is 1950. The number of nitrogens with one attached hydrogen (secondary N) is 2. The molecule has 12 nitrogen and oxygen atoms in total. The molecule has 53 heavy (non-hydrogen) atoms. The number of nitrogens with two attached hydrogens (primary N) is 1. The Balaban J connectivity index is 1.32. The monoisotopic (exact) mass is 772 g/mol. The van der Waals surface area contributed by atoms with Gasteiger partial charge >= 0.3 is 5.97 Å². The molecule has 0 radical (unpaired) electrons. The van der Waals surface area contributed by atoms with Crippen molar-refractivity contribution in [1.29, 1.82) is 10.5 Å². The molecule has 0 saturated carbocycles. The van der Waals surface area contributed by atoms with Gasteiger partial charge in [0, 0.05) is 46.9 Å². The number of pyridine rings is 1. The van der Waals surface area contributed by atoms with E-state index >= 15 is 0 Å². The molecule has 0 spiro atoms. The molecule has 5 rings (SSSR count). The minimum atomic E-state index is -1.11. The molecule has 2 aromatic heterocycles. The maximum absolute atomic E-state index is 12.7. The number of thioether (sulfide) groups is 1. The molecular weight excluding hydrogens is 732 g/mol. The van der Waals surface area contributed by atoms with Gasteiger partial charge in [-0.2, -0.15) is 10.5 Å². The van der Waals surface area contributed by atoms with Gasteiger partial charge in [-0.3, -0.25) is 9.59 Å². The topological polar surface area (TPSA) is 190 Å². The van der Waals surface area contributed by atoms with Crippen molar-refractivity contribution >= 4 is 52.4 Å². The minimum absolute atomic E-state index is 0.243. The second kappa shape index (κ2) is 19.4. The summed E-state index contributed by atoms with van der Waals surface area (Å²) in [5.41, 5.74) is 9.37. The quantitative estimate of drug-likeness (QED) is 0.0661. The first kappa shape index (κ1) is 39.5. The van der Waals surface area contributed by atoms with E-state index < -0.39 is 18.1 Å². The molecule has 1 fully saturated rings. The van der Waals surface area contributed by atoms with E-state index in [1.807, 2.05) is 41.8 Å². The predicted molar refractivity (Wildman–Crippen MR) is 208 cm³/mol. The number of aliphatic carboxylic acids is 1. The number of nitriles is 2. The molecule has 276 valence electrons. The molecule has 2 aromatic carbocycles. The number of thiazole rings is 1. The van der Waals surface area contributed by atoms with Crippen LogP contribution in [0.5, 0.6) is 5.75 Å². The summed E-state index contributed by atoms with van der Waals surface area (Å²) in [6.45, 7) is 4.07. The molecule has 4 aromatic rings. The third kappa shape index (κ3) is 10.5. The average Bonchev–Trinajstić information content (AvgIpc) is 3.88. The van der Waals surface area contributed by atoms with Crippen LogP contribution in [0.3, 0.4) is 0 Å². The Kier molecular flexibility index (Phi) is 14.5. The smallest absolute Gasteiger partial charge is 0.325 e. The molecule has 0 bridgehead atoms. The molecule has 15 heteroatoms. The first-order chi connectivity index (χ1) is 25.7. The molecule has 1 amide bonds. The Morgan fingerprint density at radius 3 is 2.42 bits per heavy atom. The average molecular weight is 773 g/mol. The van der Waals surface area contributed by atoms with Crippen LogP contribution in [0.4, 0.5) is 5.82 Å². The van der Waals surface area contributed by atoms with Crippen molar-refractivity contribution in [2.75, 3.05) is 37.7 Å². The molecular formula is C38H41ClN8O4S2. The lowest BCUT2D eigenvalue weighted by Crippen LogP contribution is -2.50. The summed E-state index contributed by atoms with van der Waals surface area (Å²) in [6.07, 6.45) is 3.97. The van der Waals surface area contributed by atoms with Crippen molar-refractivity contribution in [1.82, 2.24) is 20.6 Å². The normalized spacial score (nSPS) is 13.6. The van der Waals surface area contributed by atoms with Crippen LogP contribution in [-0.2, 0) is 15.3 Å². The number of benzene rings is 2. The number of hydrogen-bond donors (Lipinski definition) is 4. The lowest BCUT2D eigenvalue weighted by molar-refractivity contribution is -0.141. The number of ether oxygens (including phenoxy) is 1. The van der Waals surface area contributed by atoms with Crippen molar-refractivity contribution in [3.63, 3.8) is 0 Å². The van der Waals surface area contributed by atoms with E-state index in [-0.39, 0.29) is 12.5 Å². The molecule has 2 atom stereocenters. The van der Waals surface area contributed by atoms with E-state index in [1.165, 1.54) is 30.0 Å². The highest BCUT2D eigenvalue weighted by atomic mass is 35.5. The van der Waals surface area contributed by atoms with Gasteiger partial charge in [0.05, 0.1) is 17.3 Å². The molecule has 1 saturated heterocycles. The number of aromatic nitrogens is 2. The number of anilines is 1. The number of halogens is 1. The van der Waals surface area contributed by atoms with Gasteiger partial charge in [-0.25, -0.2) is 9.97 Å². The molecule has 5 N–H and O–H groups in total. The summed E-state index contributed by atoms with van der Waals surface area (Å²) in [6, 6.07) is 17.9. The van der Waals surface area contributed by atoms with E-state index in [4.69, 9.17) is 32.0 Å². The van der Waals surface area contributed by atoms with Gasteiger partial charge in [0.2, 0.25) is 5.91 Å². The van der Waals surface area contributed by atoms with Crippen molar-refractivity contribution in [2.24, 2.45) is 5.73 Å². The Morgan fingerprint density at radius 1 is 1.06 bits per heavy atom. The zero-order chi connectivity index (χ0) is 37.7. The first-order valence-corrected chi connectivity index (χ1v) is 19.6. The fraction of sp³-hybridized carbons (Fsp3) is 0.368. The molecule has 0 unspecified atom stereocenters. The second-order valence-electron chi connectivity index (χ2n) is 12.5. The highest BCUT2D eigenvalue weighted by molar-refractivity contribution is 7.98. The fourth-order valence-corrected chi connectivity index (χ4v) is 7.80. The summed E-state index contributed by atoms with van der Waals surface area (Å²) >= 11 is 9.03. The Morgan fingerprint density at radius 2 is 1.75 bits per heavy atom. The van der Waals surface area contributed by atoms with Gasteiger partial charge in [-0.15, -0.1) is 11.3 Å². The summed E-state index contributed by atoms with van der Waals surface area (Å²) in [5, 5.41) is 39.9. The molecule has 1 aliphatic heterocycles. The number of carbonyl (C=O) groups excluding carboxylic acids is 1. The van der Waals surface area contributed by atoms with Crippen LogP contribution in [0.2, 0.25) is 5.02 Å². The van der Waals surface area contributed by atoms with E-state index in [0.717, 1.165) is 48.6 Å². The number of carboxylic acids is 1. The van der Waals surface area contributed by atoms with Crippen LogP contribution in [-0.4, -0.2) is 71.8 Å². The largest absolute Gasteiger partial charge is 0.492 e. The predicted octanol–water partition coefficient (Wildman–Crippen LogP) is 6.22. The maximum Gasteiger partial charge on any atom is 0.325 e. The van der Waals surface area contributed by atoms with Gasteiger partial charge in [0.1, 0.15) is 52.0 Å². The zero-order valence-corrected chi connectivity index (χ0v) is 31.7. The standard InChI is InChI=1S/C38H41ClN8O4S2/c1-24(38(49)50)44-35(48)32(6-2-3-15-40)43-16-19-51-29-13-9-25(10-14-29)33-30(20-41)34(47-17-4-5-18-47)46-37(31(33)21-42)53-23-28-22-52-36(45-28)26-7-11-27(39)12-8-26/h7-14,22,24,32,43H,2-6,15-19,23,40H2,1H3,(H,44,48)(H,49,50)/t24-,32-/m0/s1. The Labute approximate surface area is 322 Å². The van der Waals surface area contributed by atoms with Crippen molar-refractivity contribution in [3.05, 3.63) is 75.8 Å². The van der Waals surface area contributed by atoms with Crippen LogP contribution in [0, 0.1) is 22.7 Å². The lowest BCUT2D eigenvalue weighted by atomic mass is 9.96. The van der Waals surface area contributed by atoms with Crippen LogP contribution >= 0.6 is 34.7 Å². The van der Waals surface area contributed by atoms with Crippen molar-refractivity contribution in [3.8, 4) is 39.6 Å². The van der Waals surface area contributed by atoms with Crippen LogP contribution < -0.4 is 26.0 Å². The lowest BCUT2D eigenvalue weighted by Gasteiger charge is -2.22. The summed E-state index contributed by atoms with van der Waals surface area (Å²) < 4.78 is 5.97. The number of hydrogen-bond acceptors (Lipinski definition) is 12. The van der Waals surface area contributed by atoms with E-state index in [9.17, 15) is 25.2 Å². The summed E-state index contributed by atoms with van der Waals surface area (Å²) in [7, 11) is 0. The highest BCUT2D eigenvalue weighted by Crippen LogP contribution is 2.40. The number of rotatable bonds is 18. The van der Waals surface area contributed by atoms with Gasteiger partial charge in [-0.05, 0) is 69.0 Å². The van der Waals surface area contributed by atoms with Gasteiger partial charge < -0.3 is 31.1 Å². The number of nitrogens with zero attached hydrogens (tertiary/aromatic N) is 5. The summed E-state index contributed by atoms with van der Waals surface area (Å²) in [4.78, 5) is 35.8. The highest BCUT2D eigenvalue weighted by Gasteiger charge is 2.27. The minimum Gasteiger partial charge on any atom is -0.492 e. The molecule has 0 aliphatic carbocycles. The first-order valence-electron chi connectivity index (χ1n) is 17.4. The number of carboxylic acid groups (broad SMARTS) is 1. The van der Waals surface area contributed by atoms with Gasteiger partial charge in [0.25, 0.3) is 0 Å². The third-order valence-corrected chi connectivity index (χ3v) is 10.9. The maximum atomic E-state index is 12.7. The Hall–Kier alpha value is -4.70. The van der Waals surface area contributed by atoms with Crippen LogP contribution in [0.15, 0.2) is 58.9 Å². The van der Waals surface area contributed by atoms with E-state index in [1.54, 1.807) is 12.1 Å². The van der Waals surface area contributed by atoms with E-state index in [2.05, 4.69) is 27.7 Å². The van der Waals surface area contributed by atoms with Crippen molar-refractivity contribution < 1.29 is 19.4 Å². The van der Waals surface area contributed by atoms with Crippen LogP contribution in [0.25, 0.3) is 21.7 Å². The fourth-order valence-electron chi connectivity index (χ4n) is 5.87. The number of amides is 1.